The van der Waals surface area contributed by atoms with E-state index in [1.165, 1.54) is 6.07 Å². The summed E-state index contributed by atoms with van der Waals surface area (Å²) >= 11 is 6.30. The minimum atomic E-state index is -0.803. The number of primary amides is 1. The van der Waals surface area contributed by atoms with Gasteiger partial charge in [-0.3, -0.25) is 14.4 Å². The summed E-state index contributed by atoms with van der Waals surface area (Å²) in [7, 11) is 0. The lowest BCUT2D eigenvalue weighted by Crippen LogP contribution is -2.31. The molecule has 8 nitrogen and oxygen atoms in total. The number of rotatable bonds is 5. The molecule has 9 heteroatoms. The van der Waals surface area contributed by atoms with Gasteiger partial charge in [0.15, 0.2) is 5.69 Å². The Hall–Kier alpha value is -3.78. The number of aromatic nitrogens is 3. The molecule has 2 aromatic carbocycles. The molecule has 4 aromatic rings. The average Bonchev–Trinajstić information content (AvgIpc) is 2.77. The molecular weight excluding hydrogens is 432 g/mol. The van der Waals surface area contributed by atoms with Crippen LogP contribution >= 0.6 is 11.6 Å². The topological polar surface area (TPSA) is 117 Å². The Bertz CT molecular complexity index is 1460. The van der Waals surface area contributed by atoms with Gasteiger partial charge in [-0.05, 0) is 37.1 Å². The Morgan fingerprint density at radius 2 is 1.84 bits per heavy atom. The summed E-state index contributed by atoms with van der Waals surface area (Å²) in [5, 5.41) is 5.63. The molecule has 2 N–H and O–H groups in total. The van der Waals surface area contributed by atoms with Crippen LogP contribution in [-0.4, -0.2) is 26.6 Å². The average molecular weight is 451 g/mol. The summed E-state index contributed by atoms with van der Waals surface area (Å²) in [5.41, 5.74) is 8.22. The molecule has 2 heterocycles. The minimum absolute atomic E-state index is 0.0968. The number of halogens is 1. The number of carbonyl (C=O) groups excluding carboxylic acids is 2. The van der Waals surface area contributed by atoms with E-state index in [1.54, 1.807) is 18.2 Å². The van der Waals surface area contributed by atoms with Crippen molar-refractivity contribution in [1.29, 1.82) is 0 Å². The van der Waals surface area contributed by atoms with Gasteiger partial charge in [0.1, 0.15) is 18.3 Å². The first-order valence-corrected chi connectivity index (χ1v) is 10.1. The third-order valence-corrected chi connectivity index (χ3v) is 5.63. The normalized spacial score (nSPS) is 11.1. The SMILES string of the molecule is Cc1ccc2cc(COC(=O)Cn3nc(C(N)=O)c4ccccc4c3=O)c(Cl)nc2c1C. The number of carbonyl (C=O) groups is 2. The van der Waals surface area contributed by atoms with Crippen molar-refractivity contribution in [3.05, 3.63) is 80.4 Å². The number of aryl methyl sites for hydroxylation is 2. The lowest BCUT2D eigenvalue weighted by atomic mass is 10.0. The number of hydrogen-bond acceptors (Lipinski definition) is 6. The predicted molar refractivity (Wildman–Crippen MR) is 121 cm³/mol. The molecule has 0 bridgehead atoms. The second kappa shape index (κ2) is 8.39. The third kappa shape index (κ3) is 3.92. The van der Waals surface area contributed by atoms with Gasteiger partial charge in [-0.25, -0.2) is 9.67 Å². The van der Waals surface area contributed by atoms with Crippen molar-refractivity contribution in [3.8, 4) is 0 Å². The maximum absolute atomic E-state index is 12.7. The zero-order valence-electron chi connectivity index (χ0n) is 17.4. The van der Waals surface area contributed by atoms with E-state index in [4.69, 9.17) is 22.1 Å². The first-order chi connectivity index (χ1) is 15.3. The summed E-state index contributed by atoms with van der Waals surface area (Å²) in [6, 6.07) is 12.2. The molecule has 0 saturated carbocycles. The zero-order valence-corrected chi connectivity index (χ0v) is 18.1. The van der Waals surface area contributed by atoms with Crippen molar-refractivity contribution in [2.45, 2.75) is 27.0 Å². The van der Waals surface area contributed by atoms with E-state index in [9.17, 15) is 14.4 Å². The van der Waals surface area contributed by atoms with Crippen LogP contribution in [0.4, 0.5) is 0 Å². The molecule has 32 heavy (non-hydrogen) atoms. The van der Waals surface area contributed by atoms with Gasteiger partial charge in [-0.15, -0.1) is 0 Å². The van der Waals surface area contributed by atoms with Crippen molar-refractivity contribution < 1.29 is 14.3 Å². The van der Waals surface area contributed by atoms with Gasteiger partial charge in [-0.1, -0.05) is 41.9 Å². The van der Waals surface area contributed by atoms with Crippen molar-refractivity contribution in [2.75, 3.05) is 0 Å². The van der Waals surface area contributed by atoms with E-state index in [0.717, 1.165) is 26.7 Å². The van der Waals surface area contributed by atoms with Crippen molar-refractivity contribution in [2.24, 2.45) is 5.73 Å². The Morgan fingerprint density at radius 1 is 1.12 bits per heavy atom. The largest absolute Gasteiger partial charge is 0.459 e. The lowest BCUT2D eigenvalue weighted by molar-refractivity contribution is -0.146. The fourth-order valence-electron chi connectivity index (χ4n) is 3.46. The standard InChI is InChI=1S/C23H19ClN4O4/c1-12-7-8-14-9-15(21(24)26-19(14)13(12)2)11-32-18(29)10-28-23(31)17-6-4-3-5-16(17)20(27-28)22(25)30/h3-9H,10-11H2,1-2H3,(H2,25,30). The number of benzene rings is 2. The van der Waals surface area contributed by atoms with Gasteiger partial charge in [0.05, 0.1) is 10.9 Å². The molecule has 162 valence electrons. The van der Waals surface area contributed by atoms with Gasteiger partial charge in [0, 0.05) is 16.3 Å². The van der Waals surface area contributed by atoms with Crippen molar-refractivity contribution in [3.63, 3.8) is 0 Å². The second-order valence-corrected chi connectivity index (χ2v) is 7.76. The summed E-state index contributed by atoms with van der Waals surface area (Å²) in [6.07, 6.45) is 0. The van der Waals surface area contributed by atoms with Crippen molar-refractivity contribution in [1.82, 2.24) is 14.8 Å². The van der Waals surface area contributed by atoms with E-state index in [1.807, 2.05) is 32.0 Å². The fraction of sp³-hybridized carbons (Fsp3) is 0.174. The van der Waals surface area contributed by atoms with Crippen LogP contribution in [0.1, 0.15) is 27.2 Å². The first-order valence-electron chi connectivity index (χ1n) is 9.77. The molecule has 2 aromatic heterocycles. The number of esters is 1. The van der Waals surface area contributed by atoms with E-state index in [0.29, 0.717) is 10.9 Å². The smallest absolute Gasteiger partial charge is 0.328 e. The molecule has 0 spiro atoms. The van der Waals surface area contributed by atoms with Crippen LogP contribution in [-0.2, 0) is 22.7 Å². The molecule has 4 rings (SSSR count). The highest BCUT2D eigenvalue weighted by molar-refractivity contribution is 6.30. The molecular formula is C23H19ClN4O4. The maximum atomic E-state index is 12.7. The summed E-state index contributed by atoms with van der Waals surface area (Å²) < 4.78 is 6.18. The molecule has 0 fully saturated rings. The summed E-state index contributed by atoms with van der Waals surface area (Å²) in [4.78, 5) is 41.3. The number of ether oxygens (including phenoxy) is 1. The van der Waals surface area contributed by atoms with Crippen LogP contribution in [0.15, 0.2) is 47.3 Å². The Balaban J connectivity index is 1.57. The Kier molecular flexibility index (Phi) is 5.63. The quantitative estimate of drug-likeness (QED) is 0.369. The fourth-order valence-corrected chi connectivity index (χ4v) is 3.65. The lowest BCUT2D eigenvalue weighted by Gasteiger charge is -2.11. The molecule has 0 atom stereocenters. The Morgan fingerprint density at radius 3 is 2.56 bits per heavy atom. The van der Waals surface area contributed by atoms with Gasteiger partial charge >= 0.3 is 5.97 Å². The zero-order chi connectivity index (χ0) is 23.0. The van der Waals surface area contributed by atoms with Gasteiger partial charge in [0.25, 0.3) is 11.5 Å². The highest BCUT2D eigenvalue weighted by atomic mass is 35.5. The van der Waals surface area contributed by atoms with E-state index in [2.05, 4.69) is 10.1 Å². The summed E-state index contributed by atoms with van der Waals surface area (Å²) in [6.45, 7) is 3.35. The summed E-state index contributed by atoms with van der Waals surface area (Å²) in [5.74, 6) is -1.52. The van der Waals surface area contributed by atoms with Crippen LogP contribution in [0, 0.1) is 13.8 Å². The van der Waals surface area contributed by atoms with Crippen LogP contribution in [0.2, 0.25) is 5.15 Å². The minimum Gasteiger partial charge on any atom is -0.459 e. The van der Waals surface area contributed by atoms with E-state index in [-0.39, 0.29) is 22.8 Å². The number of nitrogens with two attached hydrogens (primary N) is 1. The molecule has 0 unspecified atom stereocenters. The number of nitrogens with zero attached hydrogens (tertiary/aromatic N) is 3. The number of fused-ring (bicyclic) bond motifs is 2. The molecule has 0 aliphatic heterocycles. The number of hydrogen-bond donors (Lipinski definition) is 1. The van der Waals surface area contributed by atoms with Crippen LogP contribution in [0.5, 0.6) is 0 Å². The van der Waals surface area contributed by atoms with E-state index >= 15 is 0 Å². The molecule has 0 aliphatic rings. The predicted octanol–water partition coefficient (Wildman–Crippen LogP) is 3.06. The molecule has 0 saturated heterocycles. The molecule has 1 amide bonds. The van der Waals surface area contributed by atoms with Crippen molar-refractivity contribution >= 4 is 45.2 Å². The van der Waals surface area contributed by atoms with Gasteiger partial charge < -0.3 is 10.5 Å². The second-order valence-electron chi connectivity index (χ2n) is 7.40. The number of amides is 1. The number of pyridine rings is 1. The van der Waals surface area contributed by atoms with Gasteiger partial charge in [0.2, 0.25) is 0 Å². The van der Waals surface area contributed by atoms with Crippen LogP contribution in [0.25, 0.3) is 21.7 Å². The van der Waals surface area contributed by atoms with Crippen LogP contribution in [0.3, 0.4) is 0 Å². The molecule has 0 aliphatic carbocycles. The first kappa shape index (κ1) is 21.5. The Labute approximate surface area is 187 Å². The van der Waals surface area contributed by atoms with Crippen LogP contribution < -0.4 is 11.3 Å². The van der Waals surface area contributed by atoms with Gasteiger partial charge in [-0.2, -0.15) is 5.10 Å². The monoisotopic (exact) mass is 450 g/mol. The third-order valence-electron chi connectivity index (χ3n) is 5.31. The highest BCUT2D eigenvalue weighted by Crippen LogP contribution is 2.25. The molecule has 0 radical (unpaired) electrons. The van der Waals surface area contributed by atoms with E-state index < -0.39 is 24.0 Å². The maximum Gasteiger partial charge on any atom is 0.328 e. The highest BCUT2D eigenvalue weighted by Gasteiger charge is 2.17.